The second-order valence-electron chi connectivity index (χ2n) is 12.1. The van der Waals surface area contributed by atoms with Gasteiger partial charge in [0.25, 0.3) is 5.91 Å². The number of aliphatic hydroxyl groups excluding tert-OH is 3. The lowest BCUT2D eigenvalue weighted by atomic mass is 10.0. The molecule has 4 aromatic carbocycles. The van der Waals surface area contributed by atoms with Crippen LogP contribution in [0.25, 0.3) is 12.2 Å². The Bertz CT molecular complexity index is 1810. The fourth-order valence-corrected chi connectivity index (χ4v) is 5.98. The molecule has 1 aliphatic heterocycles. The summed E-state index contributed by atoms with van der Waals surface area (Å²) in [6.45, 7) is 2.23. The van der Waals surface area contributed by atoms with Gasteiger partial charge in [0.2, 0.25) is 5.75 Å². The minimum atomic E-state index is -0.418. The van der Waals surface area contributed by atoms with Crippen LogP contribution in [0, 0.1) is 6.92 Å². The molecule has 0 fully saturated rings. The molecule has 11 nitrogen and oxygen atoms in total. The molecule has 0 bridgehead atoms. The Hall–Kier alpha value is -5.23. The van der Waals surface area contributed by atoms with E-state index in [0.717, 1.165) is 47.2 Å². The van der Waals surface area contributed by atoms with Gasteiger partial charge in [-0.25, -0.2) is 0 Å². The molecule has 270 valence electrons. The van der Waals surface area contributed by atoms with Crippen molar-refractivity contribution < 1.29 is 43.8 Å². The number of hydrogen-bond acceptors (Lipinski definition) is 10. The van der Waals surface area contributed by atoms with Crippen LogP contribution < -0.4 is 34.3 Å². The first-order valence-electron chi connectivity index (χ1n) is 16.8. The van der Waals surface area contributed by atoms with E-state index in [9.17, 15) is 20.1 Å². The van der Waals surface area contributed by atoms with E-state index in [-0.39, 0.29) is 25.7 Å². The lowest BCUT2D eigenvalue weighted by Gasteiger charge is -2.29. The summed E-state index contributed by atoms with van der Waals surface area (Å²) < 4.78 is 28.8. The second-order valence-corrected chi connectivity index (χ2v) is 12.1. The van der Waals surface area contributed by atoms with Gasteiger partial charge in [0, 0.05) is 16.8 Å². The molecular weight excluding hydrogens is 652 g/mol. The number of anilines is 1. The maximum atomic E-state index is 12.7. The fourth-order valence-electron chi connectivity index (χ4n) is 5.98. The zero-order valence-electron chi connectivity index (χ0n) is 29.5. The van der Waals surface area contributed by atoms with E-state index in [1.165, 1.54) is 7.11 Å². The average molecular weight is 699 g/mol. The third-order valence-electron chi connectivity index (χ3n) is 8.70. The third kappa shape index (κ3) is 8.93. The van der Waals surface area contributed by atoms with E-state index in [0.29, 0.717) is 64.2 Å². The Kier molecular flexibility index (Phi) is 12.8. The van der Waals surface area contributed by atoms with E-state index < -0.39 is 6.17 Å². The van der Waals surface area contributed by atoms with Gasteiger partial charge in [0.15, 0.2) is 11.5 Å². The number of ether oxygens (including phenoxy) is 5. The summed E-state index contributed by atoms with van der Waals surface area (Å²) in [4.78, 5) is 12.7. The first-order valence-corrected chi connectivity index (χ1v) is 16.8. The number of aliphatic hydroxyl groups is 3. The van der Waals surface area contributed by atoms with Gasteiger partial charge in [-0.1, -0.05) is 29.8 Å². The average Bonchev–Trinajstić information content (AvgIpc) is 3.16. The monoisotopic (exact) mass is 698 g/mol. The van der Waals surface area contributed by atoms with Crippen LogP contribution in [-0.4, -0.2) is 55.8 Å². The van der Waals surface area contributed by atoms with Gasteiger partial charge in [0.1, 0.15) is 17.7 Å². The Morgan fingerprint density at radius 1 is 0.667 bits per heavy atom. The van der Waals surface area contributed by atoms with Crippen molar-refractivity contribution in [2.45, 2.75) is 52.2 Å². The van der Waals surface area contributed by atoms with Crippen LogP contribution in [0.5, 0.6) is 28.7 Å². The summed E-state index contributed by atoms with van der Waals surface area (Å²) in [6.07, 6.45) is 5.76. The van der Waals surface area contributed by atoms with Crippen molar-refractivity contribution in [1.82, 2.24) is 5.32 Å². The number of amides is 1. The number of nitrogens with one attached hydrogen (secondary N) is 2. The van der Waals surface area contributed by atoms with Gasteiger partial charge >= 0.3 is 0 Å². The highest BCUT2D eigenvalue weighted by Gasteiger charge is 2.25. The fraction of sp³-hybridized carbons (Fsp3) is 0.325. The highest BCUT2D eigenvalue weighted by Crippen LogP contribution is 2.39. The molecule has 11 heteroatoms. The van der Waals surface area contributed by atoms with Crippen molar-refractivity contribution in [2.24, 2.45) is 0 Å². The van der Waals surface area contributed by atoms with E-state index in [4.69, 9.17) is 23.7 Å². The largest absolute Gasteiger partial charge is 0.496 e. The van der Waals surface area contributed by atoms with Crippen molar-refractivity contribution in [3.63, 3.8) is 0 Å². The van der Waals surface area contributed by atoms with E-state index in [1.54, 1.807) is 26.4 Å². The molecule has 1 unspecified atom stereocenters. The molecule has 5 N–H and O–H groups in total. The predicted octanol–water partition coefficient (Wildman–Crippen LogP) is 6.15. The van der Waals surface area contributed by atoms with Crippen molar-refractivity contribution in [3.8, 4) is 28.7 Å². The summed E-state index contributed by atoms with van der Waals surface area (Å²) in [5.74, 6) is 2.54. The summed E-state index contributed by atoms with van der Waals surface area (Å²) in [7, 11) is 4.68. The Labute approximate surface area is 298 Å². The summed E-state index contributed by atoms with van der Waals surface area (Å²) in [5, 5.41) is 35.8. The van der Waals surface area contributed by atoms with Gasteiger partial charge < -0.3 is 49.6 Å². The molecule has 51 heavy (non-hydrogen) atoms. The molecule has 1 amide bonds. The molecule has 1 aliphatic rings. The summed E-state index contributed by atoms with van der Waals surface area (Å²) in [6, 6.07) is 18.6. The molecule has 4 aromatic rings. The molecule has 0 saturated carbocycles. The SMILES string of the molecule is COc1cc(C=Cc2cc(OC)c(OCCCCCOc3ccc(C4NC(=O)c5cc(C)ccc5N4)cc3CO)c(OC)c2)cc(CO)c1CO. The van der Waals surface area contributed by atoms with E-state index >= 15 is 0 Å². The van der Waals surface area contributed by atoms with Crippen LogP contribution in [0.2, 0.25) is 0 Å². The summed E-state index contributed by atoms with van der Waals surface area (Å²) in [5.41, 5.74) is 6.64. The van der Waals surface area contributed by atoms with Gasteiger partial charge in [-0.15, -0.1) is 0 Å². The quantitative estimate of drug-likeness (QED) is 0.0643. The van der Waals surface area contributed by atoms with Crippen molar-refractivity contribution in [1.29, 1.82) is 0 Å². The van der Waals surface area contributed by atoms with Crippen LogP contribution in [0.3, 0.4) is 0 Å². The molecule has 0 aliphatic carbocycles. The first kappa shape index (κ1) is 37.0. The number of unbranched alkanes of at least 4 members (excludes halogenated alkanes) is 2. The summed E-state index contributed by atoms with van der Waals surface area (Å²) >= 11 is 0. The maximum absolute atomic E-state index is 12.7. The van der Waals surface area contributed by atoms with E-state index in [1.807, 2.05) is 67.6 Å². The number of hydrogen-bond donors (Lipinski definition) is 5. The van der Waals surface area contributed by atoms with Crippen LogP contribution in [0.15, 0.2) is 60.7 Å². The zero-order chi connectivity index (χ0) is 36.3. The maximum Gasteiger partial charge on any atom is 0.255 e. The van der Waals surface area contributed by atoms with Gasteiger partial charge in [-0.2, -0.15) is 0 Å². The normalized spacial score (nSPS) is 13.7. The van der Waals surface area contributed by atoms with Crippen LogP contribution >= 0.6 is 0 Å². The molecule has 1 atom stereocenters. The number of benzene rings is 4. The number of rotatable bonds is 17. The molecule has 0 aromatic heterocycles. The number of carbonyl (C=O) groups excluding carboxylic acids is 1. The predicted molar refractivity (Wildman–Crippen MR) is 196 cm³/mol. The van der Waals surface area contributed by atoms with Crippen LogP contribution in [0.1, 0.15) is 74.7 Å². The number of carbonyl (C=O) groups is 1. The molecule has 1 heterocycles. The van der Waals surface area contributed by atoms with Gasteiger partial charge in [-0.05, 0) is 97.0 Å². The zero-order valence-corrected chi connectivity index (χ0v) is 29.5. The second kappa shape index (κ2) is 17.6. The molecule has 0 spiro atoms. The number of methoxy groups -OCH3 is 3. The Morgan fingerprint density at radius 3 is 1.96 bits per heavy atom. The lowest BCUT2D eigenvalue weighted by molar-refractivity contribution is 0.0935. The van der Waals surface area contributed by atoms with Gasteiger partial charge in [-0.3, -0.25) is 4.79 Å². The van der Waals surface area contributed by atoms with Gasteiger partial charge in [0.05, 0.1) is 59.9 Å². The number of aryl methyl sites for hydroxylation is 1. The molecule has 5 rings (SSSR count). The smallest absolute Gasteiger partial charge is 0.255 e. The Morgan fingerprint density at radius 2 is 1.31 bits per heavy atom. The topological polar surface area (TPSA) is 148 Å². The first-order chi connectivity index (χ1) is 24.8. The number of fused-ring (bicyclic) bond motifs is 1. The highest BCUT2D eigenvalue weighted by molar-refractivity contribution is 6.01. The highest BCUT2D eigenvalue weighted by atomic mass is 16.5. The molecular formula is C40H46N2O9. The van der Waals surface area contributed by atoms with Crippen molar-refractivity contribution >= 4 is 23.7 Å². The molecule has 0 radical (unpaired) electrons. The standard InChI is InChI=1S/C40H46N2O9/c1-25-8-12-33-31(16-25)40(46)42-39(41-33)28-11-13-34(30(21-28)23-44)50-14-6-5-7-15-51-38-36(48-3)19-27(20-37(38)49-4)10-9-26-17-29(22-43)32(24-45)35(18-26)47-2/h8-13,16-21,39,41,43-45H,5-7,14-15,22-24H2,1-4H3,(H,42,46). The molecule has 0 saturated heterocycles. The minimum Gasteiger partial charge on any atom is -0.496 e. The lowest BCUT2D eigenvalue weighted by Crippen LogP contribution is -2.38. The third-order valence-corrected chi connectivity index (χ3v) is 8.70. The van der Waals surface area contributed by atoms with E-state index in [2.05, 4.69) is 10.6 Å². The van der Waals surface area contributed by atoms with Crippen molar-refractivity contribution in [3.05, 3.63) is 105 Å². The van der Waals surface area contributed by atoms with Crippen LogP contribution in [0.4, 0.5) is 5.69 Å². The minimum absolute atomic E-state index is 0.142. The van der Waals surface area contributed by atoms with Crippen LogP contribution in [-0.2, 0) is 19.8 Å². The van der Waals surface area contributed by atoms with Crippen molar-refractivity contribution in [2.75, 3.05) is 39.9 Å². The Balaban J connectivity index is 1.12.